The van der Waals surface area contributed by atoms with Crippen LogP contribution in [0.15, 0.2) is 0 Å². The van der Waals surface area contributed by atoms with E-state index in [0.29, 0.717) is 0 Å². The zero-order valence-corrected chi connectivity index (χ0v) is 4.32. The van der Waals surface area contributed by atoms with Crippen LogP contribution in [0.5, 0.6) is 0 Å². The average Bonchev–Trinajstić information content (AvgIpc) is 1.00. The van der Waals surface area contributed by atoms with E-state index in [1.165, 1.54) is 0 Å². The van der Waals surface area contributed by atoms with Gasteiger partial charge in [-0.1, -0.05) is 0 Å². The van der Waals surface area contributed by atoms with Gasteiger partial charge in [0, 0.05) is 17.1 Å². The first-order valence-electron chi connectivity index (χ1n) is 0.144. The second-order valence-corrected chi connectivity index (χ2v) is 0. The molecule has 0 heterocycles. The summed E-state index contributed by atoms with van der Waals surface area (Å²) in [5.74, 6) is 0. The SMILES string of the molecule is O.O.[Fe].[O]=[Fe]. The van der Waals surface area contributed by atoms with Gasteiger partial charge < -0.3 is 11.0 Å². The van der Waals surface area contributed by atoms with Gasteiger partial charge >= 0.3 is 19.8 Å². The van der Waals surface area contributed by atoms with Gasteiger partial charge in [-0.15, -0.1) is 0 Å². The van der Waals surface area contributed by atoms with Crippen molar-refractivity contribution in [2.75, 3.05) is 0 Å². The standard InChI is InChI=1S/2Fe.2H2O.O/h;;2*1H2;. The molecule has 0 bridgehead atoms. The maximum absolute atomic E-state index is 8.00. The van der Waals surface area contributed by atoms with E-state index in [2.05, 4.69) is 0 Å². The summed E-state index contributed by atoms with van der Waals surface area (Å²) >= 11 is 2.00. The number of hydrogen-bond donors (Lipinski definition) is 0. The molecule has 0 aliphatic carbocycles. The monoisotopic (exact) mass is 164 g/mol. The van der Waals surface area contributed by atoms with Crippen molar-refractivity contribution in [1.82, 2.24) is 0 Å². The summed E-state index contributed by atoms with van der Waals surface area (Å²) in [6, 6.07) is 0. The normalized spacial score (nSPS) is 1.00. The quantitative estimate of drug-likeness (QED) is 0.389. The van der Waals surface area contributed by atoms with Crippen molar-refractivity contribution in [3.63, 3.8) is 0 Å². The van der Waals surface area contributed by atoms with Crippen LogP contribution >= 0.6 is 0 Å². The van der Waals surface area contributed by atoms with Crippen molar-refractivity contribution in [2.24, 2.45) is 0 Å². The van der Waals surface area contributed by atoms with E-state index in [0.717, 1.165) is 0 Å². The fraction of sp³-hybridized carbons (Fsp3) is 0. The van der Waals surface area contributed by atoms with Crippen LogP contribution in [0.25, 0.3) is 0 Å². The number of rotatable bonds is 0. The molecule has 0 aromatic carbocycles. The molecule has 0 aliphatic heterocycles. The zero-order chi connectivity index (χ0) is 2.00. The predicted molar refractivity (Wildman–Crippen MR) is 7.91 cm³/mol. The van der Waals surface area contributed by atoms with Crippen LogP contribution in [0.2, 0.25) is 0 Å². The van der Waals surface area contributed by atoms with Gasteiger partial charge in [-0.3, -0.25) is 0 Å². The molecule has 0 saturated heterocycles. The third-order valence-corrected chi connectivity index (χ3v) is 0. The van der Waals surface area contributed by atoms with Crippen molar-refractivity contribution >= 4 is 0 Å². The van der Waals surface area contributed by atoms with Crippen molar-refractivity contribution in [2.45, 2.75) is 0 Å². The number of hydrogen-bond acceptors (Lipinski definition) is 1. The summed E-state index contributed by atoms with van der Waals surface area (Å²) < 4.78 is 8.00. The molecule has 0 aliphatic rings. The van der Waals surface area contributed by atoms with Gasteiger partial charge in [0.15, 0.2) is 0 Å². The first-order valence-corrected chi connectivity index (χ1v) is 0.595. The van der Waals surface area contributed by atoms with Crippen molar-refractivity contribution in [3.05, 3.63) is 0 Å². The molecule has 0 aromatic rings. The Balaban J connectivity index is -0.00000000167. The molecule has 4 N–H and O–H groups in total. The fourth-order valence-corrected chi connectivity index (χ4v) is 0. The van der Waals surface area contributed by atoms with Crippen molar-refractivity contribution < 1.29 is 47.8 Å². The Hall–Kier alpha value is 0.759. The molecule has 3 nitrogen and oxygen atoms in total. The molecular weight excluding hydrogens is 160 g/mol. The molecule has 5 heavy (non-hydrogen) atoms. The van der Waals surface area contributed by atoms with E-state index in [9.17, 15) is 0 Å². The van der Waals surface area contributed by atoms with Gasteiger partial charge in [0.2, 0.25) is 0 Å². The Kier molecular flexibility index (Phi) is 984. The Bertz CT molecular complexity index is 4.85. The molecule has 0 rings (SSSR count). The van der Waals surface area contributed by atoms with Crippen molar-refractivity contribution in [3.8, 4) is 0 Å². The summed E-state index contributed by atoms with van der Waals surface area (Å²) in [5, 5.41) is 0. The molecule has 0 aromatic heterocycles. The molecule has 0 saturated carbocycles. The minimum atomic E-state index is 0. The molecule has 0 spiro atoms. The Morgan fingerprint density at radius 2 is 1.00 bits per heavy atom. The molecule has 0 unspecified atom stereocenters. The van der Waals surface area contributed by atoms with E-state index in [-0.39, 0.29) is 28.0 Å². The summed E-state index contributed by atoms with van der Waals surface area (Å²) in [5.41, 5.74) is 0. The summed E-state index contributed by atoms with van der Waals surface area (Å²) in [4.78, 5) is 0. The Labute approximate surface area is 48.2 Å². The van der Waals surface area contributed by atoms with Crippen LogP contribution in [-0.2, 0) is 36.8 Å². The first-order chi connectivity index (χ1) is 1.00. The van der Waals surface area contributed by atoms with Gasteiger partial charge in [0.25, 0.3) is 0 Å². The van der Waals surface area contributed by atoms with Gasteiger partial charge in [-0.2, -0.15) is 0 Å². The van der Waals surface area contributed by atoms with Gasteiger partial charge in [-0.05, 0) is 0 Å². The molecule has 0 radical (unpaired) electrons. The second kappa shape index (κ2) is 117. The second-order valence-electron chi connectivity index (χ2n) is 0. The predicted octanol–water partition coefficient (Wildman–Crippen LogP) is -1.77. The molecular formula is H4Fe2O3. The summed E-state index contributed by atoms with van der Waals surface area (Å²) in [7, 11) is 0. The van der Waals surface area contributed by atoms with Gasteiger partial charge in [0.1, 0.15) is 0 Å². The zero-order valence-electron chi connectivity index (χ0n) is 2.12. The van der Waals surface area contributed by atoms with E-state index in [4.69, 9.17) is 3.83 Å². The van der Waals surface area contributed by atoms with Crippen LogP contribution in [0, 0.1) is 0 Å². The third-order valence-electron chi connectivity index (χ3n) is 0. The van der Waals surface area contributed by atoms with E-state index >= 15 is 0 Å². The van der Waals surface area contributed by atoms with Crippen molar-refractivity contribution in [1.29, 1.82) is 0 Å². The fourth-order valence-electron chi connectivity index (χ4n) is 0. The van der Waals surface area contributed by atoms with E-state index in [1.807, 2.05) is 15.9 Å². The van der Waals surface area contributed by atoms with Gasteiger partial charge in [-0.25, -0.2) is 0 Å². The summed E-state index contributed by atoms with van der Waals surface area (Å²) in [6.45, 7) is 0. The maximum atomic E-state index is 8.00. The van der Waals surface area contributed by atoms with E-state index < -0.39 is 0 Å². The molecule has 38 valence electrons. The molecule has 0 amide bonds. The topological polar surface area (TPSA) is 80.1 Å². The van der Waals surface area contributed by atoms with Crippen LogP contribution in [-0.4, -0.2) is 11.0 Å². The molecule has 0 fully saturated rings. The van der Waals surface area contributed by atoms with Gasteiger partial charge in [0.05, 0.1) is 0 Å². The van der Waals surface area contributed by atoms with Crippen LogP contribution in [0.3, 0.4) is 0 Å². The van der Waals surface area contributed by atoms with Crippen LogP contribution < -0.4 is 0 Å². The Morgan fingerprint density at radius 1 is 1.00 bits per heavy atom. The van der Waals surface area contributed by atoms with Crippen LogP contribution in [0.4, 0.5) is 0 Å². The Morgan fingerprint density at radius 3 is 1.00 bits per heavy atom. The van der Waals surface area contributed by atoms with Crippen LogP contribution in [0.1, 0.15) is 0 Å². The summed E-state index contributed by atoms with van der Waals surface area (Å²) in [6.07, 6.45) is 0. The third kappa shape index (κ3) is 62.9. The average molecular weight is 164 g/mol. The molecule has 5 heteroatoms. The van der Waals surface area contributed by atoms with E-state index in [1.54, 1.807) is 0 Å². The molecule has 0 atom stereocenters. The minimum absolute atomic E-state index is 0. The first kappa shape index (κ1) is 42.2.